The molecule has 0 aromatic heterocycles. The largest absolute Gasteiger partial charge is 0.459 e. The summed E-state index contributed by atoms with van der Waals surface area (Å²) in [7, 11) is 0. The van der Waals surface area contributed by atoms with Gasteiger partial charge in [0.25, 0.3) is 0 Å². The second kappa shape index (κ2) is 7.28. The molecule has 0 heterocycles. The molecule has 0 N–H and O–H groups in total. The Kier molecular flexibility index (Phi) is 5.40. The molecule has 0 radical (unpaired) electrons. The van der Waals surface area contributed by atoms with Gasteiger partial charge in [0.15, 0.2) is 0 Å². The maximum Gasteiger partial charge on any atom is 0.330 e. The van der Waals surface area contributed by atoms with E-state index in [2.05, 4.69) is 31.2 Å². The molecule has 2 heteroatoms. The van der Waals surface area contributed by atoms with E-state index in [-0.39, 0.29) is 12.1 Å². The van der Waals surface area contributed by atoms with Gasteiger partial charge in [-0.1, -0.05) is 42.8 Å². The fourth-order valence-corrected chi connectivity index (χ4v) is 2.77. The highest BCUT2D eigenvalue weighted by Crippen LogP contribution is 2.34. The van der Waals surface area contributed by atoms with Crippen LogP contribution in [0.4, 0.5) is 0 Å². The van der Waals surface area contributed by atoms with Gasteiger partial charge in [0, 0.05) is 6.08 Å². The highest BCUT2D eigenvalue weighted by atomic mass is 16.5. The van der Waals surface area contributed by atoms with E-state index < -0.39 is 0 Å². The first-order valence-corrected chi connectivity index (χ1v) is 7.62. The molecule has 1 aromatic carbocycles. The summed E-state index contributed by atoms with van der Waals surface area (Å²) in [4.78, 5) is 11.6. The van der Waals surface area contributed by atoms with E-state index in [1.807, 2.05) is 13.0 Å². The molecule has 0 unspecified atom stereocenters. The van der Waals surface area contributed by atoms with Crippen molar-refractivity contribution in [3.63, 3.8) is 0 Å². The lowest BCUT2D eigenvalue weighted by Crippen LogP contribution is -2.23. The van der Waals surface area contributed by atoms with Crippen LogP contribution in [-0.2, 0) is 9.53 Å². The lowest BCUT2D eigenvalue weighted by molar-refractivity contribution is -0.144. The topological polar surface area (TPSA) is 26.3 Å². The van der Waals surface area contributed by atoms with Crippen molar-refractivity contribution in [2.75, 3.05) is 0 Å². The predicted molar refractivity (Wildman–Crippen MR) is 81.7 cm³/mol. The SMILES string of the molecule is CC/C=C/C(=O)OC1CCC(c2ccc(C)cc2)CC1. The summed E-state index contributed by atoms with van der Waals surface area (Å²) in [5, 5.41) is 0. The molecule has 0 amide bonds. The minimum absolute atomic E-state index is 0.103. The Labute approximate surface area is 121 Å². The second-order valence-corrected chi connectivity index (χ2v) is 5.63. The first-order valence-electron chi connectivity index (χ1n) is 7.62. The Morgan fingerprint density at radius 2 is 1.85 bits per heavy atom. The molecular formula is C18H24O2. The normalized spacial score (nSPS) is 22.9. The van der Waals surface area contributed by atoms with Gasteiger partial charge in [-0.15, -0.1) is 0 Å². The monoisotopic (exact) mass is 272 g/mol. The van der Waals surface area contributed by atoms with Crippen LogP contribution in [0.25, 0.3) is 0 Å². The lowest BCUT2D eigenvalue weighted by atomic mass is 9.82. The number of hydrogen-bond donors (Lipinski definition) is 0. The lowest BCUT2D eigenvalue weighted by Gasteiger charge is -2.28. The molecule has 1 aliphatic carbocycles. The van der Waals surface area contributed by atoms with Crippen LogP contribution in [0.3, 0.4) is 0 Å². The standard InChI is InChI=1S/C18H24O2/c1-3-4-5-18(19)20-17-12-10-16(11-13-17)15-8-6-14(2)7-9-15/h4-9,16-17H,3,10-13H2,1-2H3/b5-4+. The maximum atomic E-state index is 11.6. The zero-order valence-corrected chi connectivity index (χ0v) is 12.5. The van der Waals surface area contributed by atoms with E-state index in [0.717, 1.165) is 32.1 Å². The summed E-state index contributed by atoms with van der Waals surface area (Å²) in [6.45, 7) is 4.13. The molecule has 2 nitrogen and oxygen atoms in total. The molecule has 1 aromatic rings. The third kappa shape index (κ3) is 4.22. The van der Waals surface area contributed by atoms with Gasteiger partial charge in [0.2, 0.25) is 0 Å². The minimum Gasteiger partial charge on any atom is -0.459 e. The first-order chi connectivity index (χ1) is 9.69. The van der Waals surface area contributed by atoms with Gasteiger partial charge >= 0.3 is 5.97 Å². The van der Waals surface area contributed by atoms with Gasteiger partial charge in [-0.3, -0.25) is 0 Å². The number of esters is 1. The molecule has 20 heavy (non-hydrogen) atoms. The van der Waals surface area contributed by atoms with Crippen molar-refractivity contribution in [3.8, 4) is 0 Å². The fourth-order valence-electron chi connectivity index (χ4n) is 2.77. The molecule has 0 saturated heterocycles. The van der Waals surface area contributed by atoms with Crippen LogP contribution < -0.4 is 0 Å². The third-order valence-corrected chi connectivity index (χ3v) is 4.00. The average molecular weight is 272 g/mol. The number of hydrogen-bond acceptors (Lipinski definition) is 2. The summed E-state index contributed by atoms with van der Waals surface area (Å²) in [6, 6.07) is 8.82. The third-order valence-electron chi connectivity index (χ3n) is 4.00. The van der Waals surface area contributed by atoms with Crippen molar-refractivity contribution in [1.29, 1.82) is 0 Å². The Hall–Kier alpha value is -1.57. The van der Waals surface area contributed by atoms with E-state index in [0.29, 0.717) is 5.92 Å². The maximum absolute atomic E-state index is 11.6. The number of carbonyl (C=O) groups excluding carboxylic acids is 1. The number of carbonyl (C=O) groups is 1. The summed E-state index contributed by atoms with van der Waals surface area (Å²) < 4.78 is 5.47. The smallest absolute Gasteiger partial charge is 0.330 e. The second-order valence-electron chi connectivity index (χ2n) is 5.63. The average Bonchev–Trinajstić information content (AvgIpc) is 2.47. The summed E-state index contributed by atoms with van der Waals surface area (Å²) in [5.74, 6) is 0.433. The molecule has 0 spiro atoms. The van der Waals surface area contributed by atoms with Crippen LogP contribution in [0.2, 0.25) is 0 Å². The van der Waals surface area contributed by atoms with Crippen molar-refractivity contribution in [2.24, 2.45) is 0 Å². The highest BCUT2D eigenvalue weighted by molar-refractivity contribution is 5.82. The van der Waals surface area contributed by atoms with Gasteiger partial charge in [-0.05, 0) is 50.5 Å². The quantitative estimate of drug-likeness (QED) is 0.594. The highest BCUT2D eigenvalue weighted by Gasteiger charge is 2.24. The van der Waals surface area contributed by atoms with Crippen molar-refractivity contribution in [3.05, 3.63) is 47.5 Å². The number of rotatable bonds is 4. The van der Waals surface area contributed by atoms with Crippen LogP contribution in [0.15, 0.2) is 36.4 Å². The number of allylic oxidation sites excluding steroid dienone is 1. The van der Waals surface area contributed by atoms with Crippen molar-refractivity contribution < 1.29 is 9.53 Å². The van der Waals surface area contributed by atoms with Crippen LogP contribution >= 0.6 is 0 Å². The van der Waals surface area contributed by atoms with E-state index >= 15 is 0 Å². The van der Waals surface area contributed by atoms with Gasteiger partial charge in [0.1, 0.15) is 6.10 Å². The van der Waals surface area contributed by atoms with E-state index in [9.17, 15) is 4.79 Å². The molecule has 0 atom stereocenters. The summed E-state index contributed by atoms with van der Waals surface area (Å²) in [6.07, 6.45) is 8.54. The van der Waals surface area contributed by atoms with Crippen LogP contribution in [0.1, 0.15) is 56.1 Å². The number of benzene rings is 1. The Morgan fingerprint density at radius 3 is 2.45 bits per heavy atom. The molecule has 0 bridgehead atoms. The summed E-state index contributed by atoms with van der Waals surface area (Å²) >= 11 is 0. The molecule has 1 saturated carbocycles. The number of ether oxygens (including phenoxy) is 1. The van der Waals surface area contributed by atoms with Crippen molar-refractivity contribution in [1.82, 2.24) is 0 Å². The predicted octanol–water partition coefficient (Wildman–Crippen LogP) is 4.53. The molecule has 2 rings (SSSR count). The van der Waals surface area contributed by atoms with E-state index in [1.54, 1.807) is 6.08 Å². The van der Waals surface area contributed by atoms with Crippen LogP contribution in [0.5, 0.6) is 0 Å². The molecule has 1 aliphatic rings. The Bertz CT molecular complexity index is 451. The van der Waals surface area contributed by atoms with Gasteiger partial charge in [0.05, 0.1) is 0 Å². The molecule has 108 valence electrons. The molecule has 0 aliphatic heterocycles. The van der Waals surface area contributed by atoms with Crippen molar-refractivity contribution in [2.45, 2.75) is 58.0 Å². The van der Waals surface area contributed by atoms with E-state index in [4.69, 9.17) is 4.74 Å². The minimum atomic E-state index is -0.189. The molecule has 1 fully saturated rings. The Balaban J connectivity index is 1.81. The fraction of sp³-hybridized carbons (Fsp3) is 0.500. The van der Waals surface area contributed by atoms with Crippen LogP contribution in [0, 0.1) is 6.92 Å². The zero-order valence-electron chi connectivity index (χ0n) is 12.5. The first kappa shape index (κ1) is 14.8. The van der Waals surface area contributed by atoms with Crippen LogP contribution in [-0.4, -0.2) is 12.1 Å². The van der Waals surface area contributed by atoms with E-state index in [1.165, 1.54) is 11.1 Å². The molecular weight excluding hydrogens is 248 g/mol. The van der Waals surface area contributed by atoms with Gasteiger partial charge in [-0.2, -0.15) is 0 Å². The zero-order chi connectivity index (χ0) is 14.4. The number of aryl methyl sites for hydroxylation is 1. The Morgan fingerprint density at radius 1 is 1.20 bits per heavy atom. The summed E-state index contributed by atoms with van der Waals surface area (Å²) in [5.41, 5.74) is 2.73. The van der Waals surface area contributed by atoms with Crippen molar-refractivity contribution >= 4 is 5.97 Å². The van der Waals surface area contributed by atoms with Gasteiger partial charge < -0.3 is 4.74 Å². The van der Waals surface area contributed by atoms with Gasteiger partial charge in [-0.25, -0.2) is 4.79 Å².